The lowest BCUT2D eigenvalue weighted by molar-refractivity contribution is 0.712. The van der Waals surface area contributed by atoms with E-state index >= 15 is 0 Å². The molecule has 0 saturated carbocycles. The maximum atomic E-state index is 5.47. The number of allylic oxidation sites excluding steroid dienone is 3. The van der Waals surface area contributed by atoms with Crippen LogP contribution in [0.3, 0.4) is 0 Å². The van der Waals surface area contributed by atoms with Gasteiger partial charge in [0.2, 0.25) is 0 Å². The third-order valence-corrected chi connectivity index (χ3v) is 2.66. The molecule has 0 fully saturated rings. The van der Waals surface area contributed by atoms with Gasteiger partial charge in [0.15, 0.2) is 0 Å². The van der Waals surface area contributed by atoms with Crippen molar-refractivity contribution >= 4 is 0 Å². The normalized spacial score (nSPS) is 19.5. The van der Waals surface area contributed by atoms with E-state index in [4.69, 9.17) is 5.73 Å². The summed E-state index contributed by atoms with van der Waals surface area (Å²) >= 11 is 0. The molecule has 0 aromatic heterocycles. The first-order valence-corrected chi connectivity index (χ1v) is 5.41. The number of hydrogen-bond acceptors (Lipinski definition) is 1. The van der Waals surface area contributed by atoms with Crippen molar-refractivity contribution in [3.8, 4) is 0 Å². The van der Waals surface area contributed by atoms with Crippen LogP contribution in [0.5, 0.6) is 0 Å². The van der Waals surface area contributed by atoms with E-state index in [1.54, 1.807) is 5.57 Å². The zero-order valence-electron chi connectivity index (χ0n) is 8.68. The zero-order valence-corrected chi connectivity index (χ0v) is 8.68. The Morgan fingerprint density at radius 3 is 3.08 bits per heavy atom. The van der Waals surface area contributed by atoms with E-state index in [1.165, 1.54) is 37.7 Å². The molecule has 1 aliphatic carbocycles. The van der Waals surface area contributed by atoms with Crippen molar-refractivity contribution < 1.29 is 0 Å². The second-order valence-electron chi connectivity index (χ2n) is 3.79. The predicted molar refractivity (Wildman–Crippen MR) is 58.6 cm³/mol. The molecule has 0 aromatic carbocycles. The molecular formula is C12H21N. The molecule has 1 heteroatoms. The Kier molecular flexibility index (Phi) is 4.84. The number of hydrogen-bond donors (Lipinski definition) is 1. The lowest BCUT2D eigenvalue weighted by Gasteiger charge is -2.05. The van der Waals surface area contributed by atoms with E-state index in [9.17, 15) is 0 Å². The molecular weight excluding hydrogens is 158 g/mol. The van der Waals surface area contributed by atoms with Gasteiger partial charge in [-0.15, -0.1) is 0 Å². The third-order valence-electron chi connectivity index (χ3n) is 2.66. The molecule has 74 valence electrons. The molecule has 0 saturated heterocycles. The fraction of sp³-hybridized carbons (Fsp3) is 0.667. The van der Waals surface area contributed by atoms with Gasteiger partial charge in [0, 0.05) is 0 Å². The molecule has 0 radical (unpaired) electrons. The minimum absolute atomic E-state index is 0.768. The predicted octanol–water partition coefficient (Wildman–Crippen LogP) is 3.17. The van der Waals surface area contributed by atoms with Crippen molar-refractivity contribution in [3.05, 3.63) is 23.3 Å². The Morgan fingerprint density at radius 1 is 1.46 bits per heavy atom. The molecule has 0 aromatic rings. The van der Waals surface area contributed by atoms with Gasteiger partial charge in [-0.1, -0.05) is 24.1 Å². The summed E-state index contributed by atoms with van der Waals surface area (Å²) in [6, 6.07) is 0. The average molecular weight is 179 g/mol. The SMILES string of the molecule is CC(=CCCN)C1=CCCCCC1. The van der Waals surface area contributed by atoms with Gasteiger partial charge in [-0.2, -0.15) is 0 Å². The summed E-state index contributed by atoms with van der Waals surface area (Å²) in [5.41, 5.74) is 8.49. The number of nitrogens with two attached hydrogens (primary N) is 1. The van der Waals surface area contributed by atoms with Gasteiger partial charge in [-0.3, -0.25) is 0 Å². The van der Waals surface area contributed by atoms with E-state index in [2.05, 4.69) is 19.1 Å². The fourth-order valence-electron chi connectivity index (χ4n) is 1.80. The van der Waals surface area contributed by atoms with E-state index in [0.29, 0.717) is 0 Å². The summed E-state index contributed by atoms with van der Waals surface area (Å²) in [6.07, 6.45) is 12.4. The van der Waals surface area contributed by atoms with Gasteiger partial charge in [0.05, 0.1) is 0 Å². The van der Waals surface area contributed by atoms with E-state index in [-0.39, 0.29) is 0 Å². The highest BCUT2D eigenvalue weighted by Crippen LogP contribution is 2.22. The monoisotopic (exact) mass is 179 g/mol. The van der Waals surface area contributed by atoms with Gasteiger partial charge in [-0.25, -0.2) is 0 Å². The minimum Gasteiger partial charge on any atom is -0.330 e. The fourth-order valence-corrected chi connectivity index (χ4v) is 1.80. The van der Waals surface area contributed by atoms with E-state index in [0.717, 1.165) is 13.0 Å². The lowest BCUT2D eigenvalue weighted by atomic mass is 10.0. The molecule has 13 heavy (non-hydrogen) atoms. The molecule has 1 nitrogen and oxygen atoms in total. The topological polar surface area (TPSA) is 26.0 Å². The molecule has 0 amide bonds. The molecule has 0 aliphatic heterocycles. The molecule has 0 heterocycles. The zero-order chi connectivity index (χ0) is 9.52. The van der Waals surface area contributed by atoms with Crippen molar-refractivity contribution in [3.63, 3.8) is 0 Å². The lowest BCUT2D eigenvalue weighted by Crippen LogP contribution is -1.96. The van der Waals surface area contributed by atoms with Crippen LogP contribution in [0.4, 0.5) is 0 Å². The van der Waals surface area contributed by atoms with Crippen LogP contribution in [0.1, 0.15) is 45.4 Å². The van der Waals surface area contributed by atoms with Crippen LogP contribution in [-0.2, 0) is 0 Å². The second kappa shape index (κ2) is 5.98. The molecule has 0 atom stereocenters. The third kappa shape index (κ3) is 3.77. The summed E-state index contributed by atoms with van der Waals surface area (Å²) in [5, 5.41) is 0. The van der Waals surface area contributed by atoms with Crippen LogP contribution in [-0.4, -0.2) is 6.54 Å². The standard InChI is InChI=1S/C12H21N/c1-11(7-6-10-13)12-8-4-2-3-5-9-12/h7-8H,2-6,9-10,13H2,1H3. The first-order valence-electron chi connectivity index (χ1n) is 5.41. The first kappa shape index (κ1) is 10.5. The molecule has 1 aliphatic rings. The van der Waals surface area contributed by atoms with Crippen LogP contribution in [0.2, 0.25) is 0 Å². The summed E-state index contributed by atoms with van der Waals surface area (Å²) in [7, 11) is 0. The van der Waals surface area contributed by atoms with Gasteiger partial charge in [0.25, 0.3) is 0 Å². The highest BCUT2D eigenvalue weighted by atomic mass is 14.5. The smallest absolute Gasteiger partial charge is 0.00424 e. The summed E-state index contributed by atoms with van der Waals surface area (Å²) in [6.45, 7) is 2.98. The Labute approximate surface area is 81.7 Å². The van der Waals surface area contributed by atoms with Gasteiger partial charge >= 0.3 is 0 Å². The van der Waals surface area contributed by atoms with Crippen LogP contribution >= 0.6 is 0 Å². The van der Waals surface area contributed by atoms with Crippen molar-refractivity contribution in [1.82, 2.24) is 0 Å². The Bertz CT molecular complexity index is 201. The van der Waals surface area contributed by atoms with Crippen molar-refractivity contribution in [2.75, 3.05) is 6.54 Å². The maximum absolute atomic E-state index is 5.47. The Hall–Kier alpha value is -0.560. The van der Waals surface area contributed by atoms with Crippen molar-refractivity contribution in [2.24, 2.45) is 5.73 Å². The molecule has 0 unspecified atom stereocenters. The van der Waals surface area contributed by atoms with Gasteiger partial charge < -0.3 is 5.73 Å². The Morgan fingerprint density at radius 2 is 2.31 bits per heavy atom. The summed E-state index contributed by atoms with van der Waals surface area (Å²) < 4.78 is 0. The molecule has 0 spiro atoms. The summed E-state index contributed by atoms with van der Waals surface area (Å²) in [4.78, 5) is 0. The van der Waals surface area contributed by atoms with Crippen molar-refractivity contribution in [1.29, 1.82) is 0 Å². The average Bonchev–Trinajstić information content (AvgIpc) is 2.42. The first-order chi connectivity index (χ1) is 6.34. The number of rotatable bonds is 3. The maximum Gasteiger partial charge on any atom is -0.00424 e. The highest BCUT2D eigenvalue weighted by Gasteiger charge is 2.03. The van der Waals surface area contributed by atoms with Crippen molar-refractivity contribution in [2.45, 2.75) is 45.4 Å². The molecule has 1 rings (SSSR count). The highest BCUT2D eigenvalue weighted by molar-refractivity contribution is 5.29. The van der Waals surface area contributed by atoms with E-state index < -0.39 is 0 Å². The van der Waals surface area contributed by atoms with Gasteiger partial charge in [-0.05, 0) is 51.1 Å². The minimum atomic E-state index is 0.768. The quantitative estimate of drug-likeness (QED) is 0.707. The van der Waals surface area contributed by atoms with E-state index in [1.807, 2.05) is 0 Å². The van der Waals surface area contributed by atoms with Crippen LogP contribution < -0.4 is 5.73 Å². The largest absolute Gasteiger partial charge is 0.330 e. The molecule has 2 N–H and O–H groups in total. The Balaban J connectivity index is 2.52. The van der Waals surface area contributed by atoms with Crippen LogP contribution in [0.15, 0.2) is 23.3 Å². The van der Waals surface area contributed by atoms with Crippen LogP contribution in [0, 0.1) is 0 Å². The summed E-state index contributed by atoms with van der Waals surface area (Å²) in [5.74, 6) is 0. The second-order valence-corrected chi connectivity index (χ2v) is 3.79. The van der Waals surface area contributed by atoms with Gasteiger partial charge in [0.1, 0.15) is 0 Å². The molecule has 0 bridgehead atoms. The van der Waals surface area contributed by atoms with Crippen LogP contribution in [0.25, 0.3) is 0 Å².